The van der Waals surface area contributed by atoms with Gasteiger partial charge in [-0.2, -0.15) is 0 Å². The molecule has 0 amide bonds. The molecule has 0 radical (unpaired) electrons. The van der Waals surface area contributed by atoms with Crippen molar-refractivity contribution in [2.24, 2.45) is 0 Å². The maximum Gasteiger partial charge on any atom is 0.0456 e. The van der Waals surface area contributed by atoms with Crippen LogP contribution in [0.1, 0.15) is 17.5 Å². The molecule has 2 heterocycles. The van der Waals surface area contributed by atoms with Gasteiger partial charge in [-0.05, 0) is 50.6 Å². The minimum absolute atomic E-state index is 1.13. The number of hydrogen-bond donors (Lipinski definition) is 2. The van der Waals surface area contributed by atoms with Crippen molar-refractivity contribution < 1.29 is 0 Å². The molecule has 0 aliphatic carbocycles. The van der Waals surface area contributed by atoms with Crippen molar-refractivity contribution in [3.05, 3.63) is 35.5 Å². The molecular formula is C16H23N3. The molecular weight excluding hydrogens is 234 g/mol. The molecule has 1 aromatic carbocycles. The van der Waals surface area contributed by atoms with Crippen LogP contribution in [-0.2, 0) is 6.42 Å². The highest BCUT2D eigenvalue weighted by Crippen LogP contribution is 2.20. The molecule has 3 heteroatoms. The minimum atomic E-state index is 1.13. The summed E-state index contributed by atoms with van der Waals surface area (Å²) in [6, 6.07) is 6.65. The maximum absolute atomic E-state index is 3.46. The largest absolute Gasteiger partial charge is 0.361 e. The summed E-state index contributed by atoms with van der Waals surface area (Å²) in [6.45, 7) is 8.05. The normalized spacial score (nSPS) is 17.7. The minimum Gasteiger partial charge on any atom is -0.361 e. The van der Waals surface area contributed by atoms with Gasteiger partial charge in [0.2, 0.25) is 0 Å². The topological polar surface area (TPSA) is 31.1 Å². The smallest absolute Gasteiger partial charge is 0.0456 e. The molecule has 1 aromatic heterocycles. The lowest BCUT2D eigenvalue weighted by Crippen LogP contribution is -2.30. The van der Waals surface area contributed by atoms with Crippen LogP contribution in [0.5, 0.6) is 0 Å². The number of aromatic nitrogens is 1. The first kappa shape index (κ1) is 12.7. The number of hydrogen-bond acceptors (Lipinski definition) is 2. The van der Waals surface area contributed by atoms with Gasteiger partial charge in [-0.3, -0.25) is 0 Å². The monoisotopic (exact) mass is 257 g/mol. The lowest BCUT2D eigenvalue weighted by molar-refractivity contribution is 0.296. The number of nitrogens with zero attached hydrogens (tertiary/aromatic N) is 1. The van der Waals surface area contributed by atoms with Gasteiger partial charge < -0.3 is 15.2 Å². The van der Waals surface area contributed by atoms with E-state index >= 15 is 0 Å². The third-order valence-corrected chi connectivity index (χ3v) is 4.05. The van der Waals surface area contributed by atoms with Gasteiger partial charge in [-0.25, -0.2) is 0 Å². The summed E-state index contributed by atoms with van der Waals surface area (Å²) in [5.74, 6) is 0. The standard InChI is InChI=1S/C16H23N3/c1-13-3-4-16-15(11-13)14(12-18-16)5-9-19-8-2-6-17-7-10-19/h3-4,11-12,17-18H,2,5-10H2,1H3. The van der Waals surface area contributed by atoms with E-state index in [-0.39, 0.29) is 0 Å². The Kier molecular flexibility index (Phi) is 3.85. The second-order valence-electron chi connectivity index (χ2n) is 5.56. The molecule has 19 heavy (non-hydrogen) atoms. The number of aryl methyl sites for hydroxylation is 1. The highest BCUT2D eigenvalue weighted by atomic mass is 15.1. The van der Waals surface area contributed by atoms with Gasteiger partial charge in [0.25, 0.3) is 0 Å². The van der Waals surface area contributed by atoms with E-state index in [9.17, 15) is 0 Å². The van der Waals surface area contributed by atoms with Gasteiger partial charge in [-0.1, -0.05) is 11.6 Å². The van der Waals surface area contributed by atoms with Gasteiger partial charge in [0.15, 0.2) is 0 Å². The summed E-state index contributed by atoms with van der Waals surface area (Å²) in [4.78, 5) is 5.96. The molecule has 1 saturated heterocycles. The van der Waals surface area contributed by atoms with Gasteiger partial charge in [-0.15, -0.1) is 0 Å². The number of H-pyrrole nitrogens is 1. The highest BCUT2D eigenvalue weighted by molar-refractivity contribution is 5.83. The molecule has 0 atom stereocenters. The Bertz CT molecular complexity index is 536. The number of benzene rings is 1. The van der Waals surface area contributed by atoms with Crippen LogP contribution in [0.4, 0.5) is 0 Å². The summed E-state index contributed by atoms with van der Waals surface area (Å²) in [5.41, 5.74) is 4.06. The van der Waals surface area contributed by atoms with E-state index in [0.29, 0.717) is 0 Å². The summed E-state index contributed by atoms with van der Waals surface area (Å²) in [7, 11) is 0. The SMILES string of the molecule is Cc1ccc2[nH]cc(CCN3CCCNCC3)c2c1. The van der Waals surface area contributed by atoms with Crippen molar-refractivity contribution in [2.45, 2.75) is 19.8 Å². The lowest BCUT2D eigenvalue weighted by atomic mass is 10.1. The molecule has 0 saturated carbocycles. The second-order valence-corrected chi connectivity index (χ2v) is 5.56. The maximum atomic E-state index is 3.46. The van der Waals surface area contributed by atoms with Crippen LogP contribution < -0.4 is 5.32 Å². The Morgan fingerprint density at radius 1 is 1.21 bits per heavy atom. The van der Waals surface area contributed by atoms with Crippen molar-refractivity contribution in [2.75, 3.05) is 32.7 Å². The zero-order valence-electron chi connectivity index (χ0n) is 11.7. The Hall–Kier alpha value is -1.32. The Balaban J connectivity index is 1.69. The third kappa shape index (κ3) is 2.99. The van der Waals surface area contributed by atoms with Gasteiger partial charge in [0.1, 0.15) is 0 Å². The lowest BCUT2D eigenvalue weighted by Gasteiger charge is -2.18. The zero-order chi connectivity index (χ0) is 13.1. The number of aromatic amines is 1. The van der Waals surface area contributed by atoms with Crippen molar-refractivity contribution in [1.82, 2.24) is 15.2 Å². The average molecular weight is 257 g/mol. The molecule has 0 unspecified atom stereocenters. The quantitative estimate of drug-likeness (QED) is 0.884. The first-order chi connectivity index (χ1) is 9.33. The predicted octanol–water partition coefficient (Wildman–Crippen LogP) is 2.31. The fourth-order valence-corrected chi connectivity index (χ4v) is 2.90. The predicted molar refractivity (Wildman–Crippen MR) is 80.7 cm³/mol. The molecule has 0 spiro atoms. The van der Waals surface area contributed by atoms with Gasteiger partial charge in [0.05, 0.1) is 0 Å². The van der Waals surface area contributed by atoms with E-state index in [1.165, 1.54) is 54.6 Å². The third-order valence-electron chi connectivity index (χ3n) is 4.05. The zero-order valence-corrected chi connectivity index (χ0v) is 11.7. The number of nitrogens with one attached hydrogen (secondary N) is 2. The van der Waals surface area contributed by atoms with E-state index in [2.05, 4.69) is 46.5 Å². The van der Waals surface area contributed by atoms with Crippen LogP contribution in [0, 0.1) is 6.92 Å². The first-order valence-corrected chi connectivity index (χ1v) is 7.32. The van der Waals surface area contributed by atoms with Crippen LogP contribution in [0.2, 0.25) is 0 Å². The van der Waals surface area contributed by atoms with Crippen molar-refractivity contribution in [1.29, 1.82) is 0 Å². The van der Waals surface area contributed by atoms with Crippen molar-refractivity contribution in [3.63, 3.8) is 0 Å². The molecule has 102 valence electrons. The molecule has 3 nitrogen and oxygen atoms in total. The number of rotatable bonds is 3. The molecule has 3 rings (SSSR count). The van der Waals surface area contributed by atoms with Crippen LogP contribution in [0.25, 0.3) is 10.9 Å². The summed E-state index contributed by atoms with van der Waals surface area (Å²) >= 11 is 0. The Labute approximate surface area is 115 Å². The van der Waals surface area contributed by atoms with E-state index in [0.717, 1.165) is 13.0 Å². The van der Waals surface area contributed by atoms with Crippen LogP contribution in [-0.4, -0.2) is 42.6 Å². The number of fused-ring (bicyclic) bond motifs is 1. The average Bonchev–Trinajstić information content (AvgIpc) is 2.63. The van der Waals surface area contributed by atoms with Crippen molar-refractivity contribution >= 4 is 10.9 Å². The van der Waals surface area contributed by atoms with Crippen LogP contribution in [0.15, 0.2) is 24.4 Å². The fourth-order valence-electron chi connectivity index (χ4n) is 2.90. The molecule has 0 bridgehead atoms. The summed E-state index contributed by atoms with van der Waals surface area (Å²) in [6.07, 6.45) is 4.59. The summed E-state index contributed by atoms with van der Waals surface area (Å²) in [5, 5.41) is 4.86. The van der Waals surface area contributed by atoms with E-state index in [1.54, 1.807) is 0 Å². The van der Waals surface area contributed by atoms with Crippen LogP contribution in [0.3, 0.4) is 0 Å². The second kappa shape index (κ2) is 5.76. The Morgan fingerprint density at radius 2 is 2.16 bits per heavy atom. The van der Waals surface area contributed by atoms with Gasteiger partial charge >= 0.3 is 0 Å². The molecule has 2 N–H and O–H groups in total. The fraction of sp³-hybridized carbons (Fsp3) is 0.500. The van der Waals surface area contributed by atoms with Gasteiger partial charge in [0, 0.05) is 36.7 Å². The van der Waals surface area contributed by atoms with Crippen LogP contribution >= 0.6 is 0 Å². The first-order valence-electron chi connectivity index (χ1n) is 7.32. The Morgan fingerprint density at radius 3 is 3.11 bits per heavy atom. The highest BCUT2D eigenvalue weighted by Gasteiger charge is 2.10. The molecule has 1 aliphatic rings. The van der Waals surface area contributed by atoms with Crippen molar-refractivity contribution in [3.8, 4) is 0 Å². The molecule has 1 fully saturated rings. The van der Waals surface area contributed by atoms with E-state index < -0.39 is 0 Å². The summed E-state index contributed by atoms with van der Waals surface area (Å²) < 4.78 is 0. The van der Waals surface area contributed by atoms with E-state index in [1.807, 2.05) is 0 Å². The molecule has 1 aliphatic heterocycles. The molecule has 2 aromatic rings. The van der Waals surface area contributed by atoms with E-state index in [4.69, 9.17) is 0 Å².